The Morgan fingerprint density at radius 2 is 2.00 bits per heavy atom. The van der Waals surface area contributed by atoms with Crippen LogP contribution in [0.3, 0.4) is 0 Å². The maximum atomic E-state index is 12.3. The molecule has 1 aromatic rings. The molecule has 0 saturated heterocycles. The first kappa shape index (κ1) is 12.1. The molecule has 0 aliphatic rings. The molecule has 0 fully saturated rings. The van der Waals surface area contributed by atoms with Crippen molar-refractivity contribution in [1.82, 2.24) is 4.98 Å². The van der Waals surface area contributed by atoms with Crippen molar-refractivity contribution in [2.45, 2.75) is 11.5 Å². The highest BCUT2D eigenvalue weighted by atomic mass is 35.5. The van der Waals surface area contributed by atoms with Crippen LogP contribution in [-0.2, 0) is 10.0 Å². The number of aromatic nitrogens is 1. The van der Waals surface area contributed by atoms with E-state index in [1.807, 2.05) is 0 Å². The van der Waals surface area contributed by atoms with Gasteiger partial charge in [0.05, 0.1) is 16.3 Å². The summed E-state index contributed by atoms with van der Waals surface area (Å²) in [5.41, 5.74) is 4.01. The summed E-state index contributed by atoms with van der Waals surface area (Å²) < 4.78 is 46.3. The fourth-order valence-electron chi connectivity index (χ4n) is 0.883. The van der Waals surface area contributed by atoms with E-state index in [1.165, 1.54) is 0 Å². The van der Waals surface area contributed by atoms with Gasteiger partial charge in [0.25, 0.3) is 16.4 Å². The number of primary sulfonamides is 1. The van der Waals surface area contributed by atoms with Gasteiger partial charge in [0.1, 0.15) is 0 Å². The van der Waals surface area contributed by atoms with Crippen LogP contribution in [0.4, 0.5) is 14.5 Å². The standard InChI is InChI=1S/C6H6ClF2N3O2S/c7-3-2(5(8)9)1-12-6(4(3)10)15(11,13)14/h1,5H,10H2,(H2,11,13,14). The van der Waals surface area contributed by atoms with Crippen molar-refractivity contribution in [3.8, 4) is 0 Å². The first-order valence-electron chi connectivity index (χ1n) is 3.50. The molecule has 84 valence electrons. The Kier molecular flexibility index (Phi) is 3.12. The van der Waals surface area contributed by atoms with Crippen molar-refractivity contribution in [2.24, 2.45) is 5.14 Å². The van der Waals surface area contributed by atoms with Gasteiger partial charge in [-0.05, 0) is 0 Å². The van der Waals surface area contributed by atoms with E-state index in [9.17, 15) is 17.2 Å². The minimum Gasteiger partial charge on any atom is -0.395 e. The molecular weight excluding hydrogens is 252 g/mol. The summed E-state index contributed by atoms with van der Waals surface area (Å²) in [5, 5.41) is 3.47. The number of nitrogens with zero attached hydrogens (tertiary/aromatic N) is 1. The van der Waals surface area contributed by atoms with E-state index in [4.69, 9.17) is 22.5 Å². The van der Waals surface area contributed by atoms with Crippen molar-refractivity contribution in [2.75, 3.05) is 5.73 Å². The molecule has 5 nitrogen and oxygen atoms in total. The number of nitrogen functional groups attached to an aromatic ring is 1. The molecule has 0 unspecified atom stereocenters. The van der Waals surface area contributed by atoms with Crippen LogP contribution in [0.1, 0.15) is 12.0 Å². The lowest BCUT2D eigenvalue weighted by Gasteiger charge is -2.08. The van der Waals surface area contributed by atoms with E-state index in [0.29, 0.717) is 6.20 Å². The van der Waals surface area contributed by atoms with Crippen molar-refractivity contribution >= 4 is 27.3 Å². The summed E-state index contributed by atoms with van der Waals surface area (Å²) in [7, 11) is -4.16. The first-order chi connectivity index (χ1) is 6.75. The highest BCUT2D eigenvalue weighted by Gasteiger charge is 2.22. The molecule has 0 saturated carbocycles. The maximum Gasteiger partial charge on any atom is 0.266 e. The Balaban J connectivity index is 3.48. The second kappa shape index (κ2) is 3.87. The van der Waals surface area contributed by atoms with Crippen molar-refractivity contribution < 1.29 is 17.2 Å². The molecule has 9 heteroatoms. The molecule has 0 aliphatic carbocycles. The molecular formula is C6H6ClF2N3O2S. The largest absolute Gasteiger partial charge is 0.395 e. The van der Waals surface area contributed by atoms with E-state index in [-0.39, 0.29) is 0 Å². The lowest BCUT2D eigenvalue weighted by atomic mass is 10.3. The fraction of sp³-hybridized carbons (Fsp3) is 0.167. The number of halogens is 3. The smallest absolute Gasteiger partial charge is 0.266 e. The van der Waals surface area contributed by atoms with Gasteiger partial charge in [-0.25, -0.2) is 27.3 Å². The lowest BCUT2D eigenvalue weighted by molar-refractivity contribution is 0.151. The Hall–Kier alpha value is -0.990. The van der Waals surface area contributed by atoms with Crippen molar-refractivity contribution in [3.63, 3.8) is 0 Å². The molecule has 1 aromatic heterocycles. The molecule has 0 spiro atoms. The summed E-state index contributed by atoms with van der Waals surface area (Å²) in [6.07, 6.45) is -2.26. The molecule has 0 amide bonds. The van der Waals surface area contributed by atoms with Crippen LogP contribution in [0.2, 0.25) is 5.02 Å². The summed E-state index contributed by atoms with van der Waals surface area (Å²) in [6.45, 7) is 0. The topological polar surface area (TPSA) is 99.1 Å². The predicted octanol–water partition coefficient (Wildman–Crippen LogP) is 0.902. The van der Waals surface area contributed by atoms with Gasteiger partial charge in [0.2, 0.25) is 0 Å². The van der Waals surface area contributed by atoms with Gasteiger partial charge in [-0.3, -0.25) is 0 Å². The average Bonchev–Trinajstić information content (AvgIpc) is 2.06. The Bertz CT molecular complexity index is 491. The zero-order valence-electron chi connectivity index (χ0n) is 7.12. The van der Waals surface area contributed by atoms with Gasteiger partial charge in [-0.2, -0.15) is 0 Å². The molecule has 0 aliphatic heterocycles. The Morgan fingerprint density at radius 3 is 2.40 bits per heavy atom. The molecule has 4 N–H and O–H groups in total. The van der Waals surface area contributed by atoms with Gasteiger partial charge < -0.3 is 5.73 Å². The summed E-state index contributed by atoms with van der Waals surface area (Å²) in [4.78, 5) is 3.23. The SMILES string of the molecule is Nc1c(S(N)(=O)=O)ncc(C(F)F)c1Cl. The third-order valence-corrected chi connectivity index (χ3v) is 2.83. The lowest BCUT2D eigenvalue weighted by Crippen LogP contribution is -2.17. The normalized spacial score (nSPS) is 12.1. The number of alkyl halides is 2. The molecule has 1 heterocycles. The van der Waals surface area contributed by atoms with Crippen LogP contribution in [-0.4, -0.2) is 13.4 Å². The quantitative estimate of drug-likeness (QED) is 0.822. The number of nitrogens with two attached hydrogens (primary N) is 2. The zero-order valence-corrected chi connectivity index (χ0v) is 8.69. The molecule has 0 aromatic carbocycles. The van der Waals surface area contributed by atoms with Crippen molar-refractivity contribution in [1.29, 1.82) is 0 Å². The minimum atomic E-state index is -4.16. The molecule has 1 rings (SSSR count). The monoisotopic (exact) mass is 257 g/mol. The number of anilines is 1. The highest BCUT2D eigenvalue weighted by Crippen LogP contribution is 2.33. The van der Waals surface area contributed by atoms with Gasteiger partial charge >= 0.3 is 0 Å². The van der Waals surface area contributed by atoms with Crippen LogP contribution in [0.25, 0.3) is 0 Å². The van der Waals surface area contributed by atoms with E-state index < -0.39 is 37.7 Å². The van der Waals surface area contributed by atoms with E-state index in [0.717, 1.165) is 0 Å². The van der Waals surface area contributed by atoms with Gasteiger partial charge in [-0.1, -0.05) is 11.6 Å². The van der Waals surface area contributed by atoms with Crippen LogP contribution < -0.4 is 10.9 Å². The van der Waals surface area contributed by atoms with Gasteiger partial charge in [0, 0.05) is 6.20 Å². The Morgan fingerprint density at radius 1 is 1.47 bits per heavy atom. The fourth-order valence-corrected chi connectivity index (χ4v) is 1.77. The summed E-state index contributed by atoms with van der Waals surface area (Å²) >= 11 is 5.43. The van der Waals surface area contributed by atoms with Crippen LogP contribution in [0.15, 0.2) is 11.2 Å². The van der Waals surface area contributed by atoms with Gasteiger partial charge in [-0.15, -0.1) is 0 Å². The number of pyridine rings is 1. The van der Waals surface area contributed by atoms with E-state index >= 15 is 0 Å². The second-order valence-electron chi connectivity index (χ2n) is 2.59. The predicted molar refractivity (Wildman–Crippen MR) is 50.0 cm³/mol. The first-order valence-corrected chi connectivity index (χ1v) is 5.42. The molecule has 0 radical (unpaired) electrons. The molecule has 0 bridgehead atoms. The third-order valence-electron chi connectivity index (χ3n) is 1.55. The molecule has 0 atom stereocenters. The average molecular weight is 258 g/mol. The zero-order chi connectivity index (χ0) is 11.8. The number of sulfonamides is 1. The van der Waals surface area contributed by atoms with Gasteiger partial charge in [0.15, 0.2) is 5.03 Å². The third kappa shape index (κ3) is 2.33. The number of hydrogen-bond donors (Lipinski definition) is 2. The number of rotatable bonds is 2. The molecule has 15 heavy (non-hydrogen) atoms. The van der Waals surface area contributed by atoms with E-state index in [1.54, 1.807) is 0 Å². The van der Waals surface area contributed by atoms with E-state index in [2.05, 4.69) is 4.98 Å². The van der Waals surface area contributed by atoms with Crippen molar-refractivity contribution in [3.05, 3.63) is 16.8 Å². The van der Waals surface area contributed by atoms with Crippen LogP contribution >= 0.6 is 11.6 Å². The van der Waals surface area contributed by atoms with Crippen LogP contribution in [0, 0.1) is 0 Å². The summed E-state index contributed by atoms with van der Waals surface area (Å²) in [5.74, 6) is 0. The number of hydrogen-bond acceptors (Lipinski definition) is 4. The maximum absolute atomic E-state index is 12.3. The minimum absolute atomic E-state index is 0.552. The Labute approximate surface area is 89.1 Å². The highest BCUT2D eigenvalue weighted by molar-refractivity contribution is 7.89. The van der Waals surface area contributed by atoms with Crippen LogP contribution in [0.5, 0.6) is 0 Å². The second-order valence-corrected chi connectivity index (χ2v) is 4.45. The summed E-state index contributed by atoms with van der Waals surface area (Å²) in [6, 6.07) is 0.